The van der Waals surface area contributed by atoms with Crippen molar-refractivity contribution in [1.29, 1.82) is 0 Å². The first-order valence-corrected chi connectivity index (χ1v) is 17.6. The molecule has 11 nitrogen and oxygen atoms in total. The van der Waals surface area contributed by atoms with Gasteiger partial charge in [-0.05, 0) is 93.7 Å². The molecule has 0 bridgehead atoms. The van der Waals surface area contributed by atoms with E-state index in [1.165, 1.54) is 23.9 Å². The molecule has 0 saturated carbocycles. The molecule has 1 aromatic carbocycles. The molecule has 6 rings (SSSR count). The number of amides is 1. The van der Waals surface area contributed by atoms with Crippen LogP contribution in [-0.2, 0) is 24.4 Å². The van der Waals surface area contributed by atoms with Gasteiger partial charge in [-0.1, -0.05) is 6.07 Å². The van der Waals surface area contributed by atoms with Crippen LogP contribution in [0.15, 0.2) is 35.1 Å². The summed E-state index contributed by atoms with van der Waals surface area (Å²) in [7, 11) is 0. The second-order valence-corrected chi connectivity index (χ2v) is 13.6. The SMILES string of the molecule is CC(=O)N1CCC(Nc2cc(C(=O)CC[C@H](O)CN3CCc4c(ccc(OCc5ocnc5C)c4C)C3)cc(N3CCCCC3)n2)CC1.S. The maximum Gasteiger partial charge on any atom is 0.219 e. The van der Waals surface area contributed by atoms with Crippen molar-refractivity contribution in [3.63, 3.8) is 0 Å². The average molecular weight is 693 g/mol. The van der Waals surface area contributed by atoms with Gasteiger partial charge in [0.15, 0.2) is 17.9 Å². The predicted molar refractivity (Wildman–Crippen MR) is 195 cm³/mol. The Bertz CT molecular complexity index is 1580. The predicted octanol–water partition coefficient (Wildman–Crippen LogP) is 5.17. The van der Waals surface area contributed by atoms with Gasteiger partial charge >= 0.3 is 0 Å². The normalized spacial score (nSPS) is 17.6. The molecule has 3 aromatic rings. The lowest BCUT2D eigenvalue weighted by atomic mass is 9.94. The zero-order valence-electron chi connectivity index (χ0n) is 29.2. The lowest BCUT2D eigenvalue weighted by Crippen LogP contribution is -2.41. The number of hydrogen-bond acceptors (Lipinski definition) is 10. The Kier molecular flexibility index (Phi) is 12.6. The molecular formula is C37H52N6O5S. The van der Waals surface area contributed by atoms with E-state index in [9.17, 15) is 14.7 Å². The Morgan fingerprint density at radius 1 is 1.08 bits per heavy atom. The van der Waals surface area contributed by atoms with Crippen molar-refractivity contribution < 1.29 is 23.8 Å². The number of ether oxygens (including phenoxy) is 1. The first-order chi connectivity index (χ1) is 23.2. The fourth-order valence-corrected chi connectivity index (χ4v) is 7.21. The van der Waals surface area contributed by atoms with E-state index >= 15 is 0 Å². The van der Waals surface area contributed by atoms with E-state index in [0.717, 1.165) is 100.0 Å². The summed E-state index contributed by atoms with van der Waals surface area (Å²) in [5.41, 5.74) is 5.18. The number of ketones is 1. The first-order valence-electron chi connectivity index (χ1n) is 17.6. The van der Waals surface area contributed by atoms with Crippen LogP contribution in [-0.4, -0.2) is 88.0 Å². The number of oxazole rings is 1. The number of pyridine rings is 1. The number of nitrogens with one attached hydrogen (secondary N) is 1. The number of aliphatic hydroxyl groups is 1. The van der Waals surface area contributed by atoms with Crippen LogP contribution in [0.5, 0.6) is 5.75 Å². The highest BCUT2D eigenvalue weighted by molar-refractivity contribution is 7.59. The number of aryl methyl sites for hydroxylation is 1. The molecule has 2 aromatic heterocycles. The Balaban J connectivity index is 0.00000468. The van der Waals surface area contributed by atoms with Crippen molar-refractivity contribution >= 4 is 36.8 Å². The van der Waals surface area contributed by atoms with Gasteiger partial charge in [0.05, 0.1) is 11.8 Å². The molecule has 3 aliphatic rings. The number of nitrogens with zero attached hydrogens (tertiary/aromatic N) is 5. The molecule has 0 aliphatic carbocycles. The molecule has 2 N–H and O–H groups in total. The highest BCUT2D eigenvalue weighted by atomic mass is 32.1. The molecule has 1 atom stereocenters. The number of aromatic nitrogens is 2. The summed E-state index contributed by atoms with van der Waals surface area (Å²) in [6.45, 7) is 11.4. The van der Waals surface area contributed by atoms with E-state index in [4.69, 9.17) is 14.1 Å². The summed E-state index contributed by atoms with van der Waals surface area (Å²) in [6, 6.07) is 8.14. The van der Waals surface area contributed by atoms with E-state index in [1.807, 2.05) is 30.0 Å². The summed E-state index contributed by atoms with van der Waals surface area (Å²) in [5, 5.41) is 14.6. The van der Waals surface area contributed by atoms with Crippen molar-refractivity contribution in [2.45, 2.75) is 97.4 Å². The van der Waals surface area contributed by atoms with Gasteiger partial charge in [0.2, 0.25) is 5.91 Å². The fourth-order valence-electron chi connectivity index (χ4n) is 7.21. The molecule has 49 heavy (non-hydrogen) atoms. The van der Waals surface area contributed by atoms with Crippen molar-refractivity contribution in [3.05, 3.63) is 64.4 Å². The van der Waals surface area contributed by atoms with Gasteiger partial charge in [0.1, 0.15) is 24.0 Å². The van der Waals surface area contributed by atoms with E-state index in [0.29, 0.717) is 31.0 Å². The Morgan fingerprint density at radius 2 is 1.86 bits per heavy atom. The van der Waals surface area contributed by atoms with Crippen LogP contribution in [0.2, 0.25) is 0 Å². The van der Waals surface area contributed by atoms with E-state index < -0.39 is 6.10 Å². The number of rotatable bonds is 12. The molecule has 0 spiro atoms. The van der Waals surface area contributed by atoms with Crippen molar-refractivity contribution in [3.8, 4) is 5.75 Å². The average Bonchev–Trinajstić information content (AvgIpc) is 3.51. The highest BCUT2D eigenvalue weighted by Gasteiger charge is 2.25. The molecule has 3 aliphatic heterocycles. The number of Topliss-reactive ketones (excluding diaryl/α,β-unsaturated/α-hetero) is 1. The maximum atomic E-state index is 13.6. The number of carbonyl (C=O) groups excluding carboxylic acids is 2. The number of fused-ring (bicyclic) bond motifs is 1. The van der Waals surface area contributed by atoms with Crippen LogP contribution in [0.3, 0.4) is 0 Å². The van der Waals surface area contributed by atoms with Crippen LogP contribution >= 0.6 is 13.5 Å². The molecule has 0 unspecified atom stereocenters. The summed E-state index contributed by atoms with van der Waals surface area (Å²) in [6.07, 6.45) is 7.56. The molecule has 12 heteroatoms. The first kappa shape index (κ1) is 36.7. The number of likely N-dealkylation sites (tertiary alicyclic amines) is 1. The van der Waals surface area contributed by atoms with Crippen molar-refractivity contribution in [1.82, 2.24) is 19.8 Å². The van der Waals surface area contributed by atoms with Crippen LogP contribution < -0.4 is 15.0 Å². The zero-order valence-corrected chi connectivity index (χ0v) is 30.2. The maximum absolute atomic E-state index is 13.6. The second-order valence-electron chi connectivity index (χ2n) is 13.6. The van der Waals surface area contributed by atoms with Crippen molar-refractivity contribution in [2.75, 3.05) is 49.5 Å². The van der Waals surface area contributed by atoms with Gasteiger partial charge in [-0.25, -0.2) is 9.97 Å². The molecule has 1 amide bonds. The monoisotopic (exact) mass is 692 g/mol. The smallest absolute Gasteiger partial charge is 0.219 e. The number of aliphatic hydroxyl groups excluding tert-OH is 1. The van der Waals surface area contributed by atoms with E-state index in [-0.39, 0.29) is 37.6 Å². The standard InChI is InChI=1S/C37H50N6O5.H2S/c1-25-32-13-16-41(21-28(32)7-10-34(25)47-23-35-26(2)38-24-48-35)22-31(45)8-9-33(46)29-19-36(39-30-11-17-42(18-12-30)27(3)44)40-37(20-29)43-14-5-4-6-15-43;/h7,10,19-20,24,30-31,45H,4-6,8-9,11-18,21-23H2,1-3H3,(H,39,40);1H2/t31-;/m0./s1. The number of anilines is 2. The van der Waals surface area contributed by atoms with Crippen LogP contribution in [0, 0.1) is 13.8 Å². The molecule has 5 heterocycles. The van der Waals surface area contributed by atoms with Crippen LogP contribution in [0.25, 0.3) is 0 Å². The topological polar surface area (TPSA) is 124 Å². The zero-order chi connectivity index (χ0) is 33.6. The molecule has 0 radical (unpaired) electrons. The third-order valence-corrected chi connectivity index (χ3v) is 10.2. The lowest BCUT2D eigenvalue weighted by molar-refractivity contribution is -0.129. The third kappa shape index (κ3) is 9.34. The number of piperidine rings is 2. The number of hydrogen-bond donors (Lipinski definition) is 2. The minimum absolute atomic E-state index is 0. The van der Waals surface area contributed by atoms with Crippen molar-refractivity contribution in [2.24, 2.45) is 0 Å². The molecular weight excluding hydrogens is 641 g/mol. The minimum Gasteiger partial charge on any atom is -0.485 e. The Labute approximate surface area is 296 Å². The highest BCUT2D eigenvalue weighted by Crippen LogP contribution is 2.31. The Hall–Kier alpha value is -3.61. The summed E-state index contributed by atoms with van der Waals surface area (Å²) in [5.74, 6) is 3.28. The number of benzene rings is 1. The van der Waals surface area contributed by atoms with Gasteiger partial charge in [-0.3, -0.25) is 14.5 Å². The summed E-state index contributed by atoms with van der Waals surface area (Å²) < 4.78 is 11.5. The fraction of sp³-hybridized carbons (Fsp3) is 0.568. The Morgan fingerprint density at radius 3 is 2.57 bits per heavy atom. The van der Waals surface area contributed by atoms with Gasteiger partial charge in [0, 0.05) is 70.8 Å². The number of carbonyl (C=O) groups is 2. The molecule has 2 fully saturated rings. The minimum atomic E-state index is -0.600. The van der Waals surface area contributed by atoms with Gasteiger partial charge < -0.3 is 29.4 Å². The molecule has 266 valence electrons. The summed E-state index contributed by atoms with van der Waals surface area (Å²) >= 11 is 0. The number of β-amino-alcohol motifs (C(OH)–C–C–N with tert-alkyl or cyclic N) is 1. The second kappa shape index (κ2) is 16.9. The van der Waals surface area contributed by atoms with Crippen LogP contribution in [0.1, 0.15) is 90.4 Å². The van der Waals surface area contributed by atoms with E-state index in [2.05, 4.69) is 33.1 Å². The largest absolute Gasteiger partial charge is 0.485 e. The molecule has 2 saturated heterocycles. The van der Waals surface area contributed by atoms with Crippen LogP contribution in [0.4, 0.5) is 11.6 Å². The van der Waals surface area contributed by atoms with E-state index in [1.54, 1.807) is 6.92 Å². The summed E-state index contributed by atoms with van der Waals surface area (Å²) in [4.78, 5) is 40.8. The lowest BCUT2D eigenvalue weighted by Gasteiger charge is -2.32. The van der Waals surface area contributed by atoms with Gasteiger partial charge in [-0.15, -0.1) is 0 Å². The van der Waals surface area contributed by atoms with Gasteiger partial charge in [0.25, 0.3) is 0 Å². The third-order valence-electron chi connectivity index (χ3n) is 10.2. The quantitative estimate of drug-likeness (QED) is 0.246. The van der Waals surface area contributed by atoms with Gasteiger partial charge in [-0.2, -0.15) is 13.5 Å².